The zero-order valence-corrected chi connectivity index (χ0v) is 20.7. The molecule has 0 bridgehead atoms. The first-order chi connectivity index (χ1) is 16.1. The normalized spacial score (nSPS) is 11.9. The number of thioether (sulfide) groups is 1. The van der Waals surface area contributed by atoms with Crippen LogP contribution in [0.15, 0.2) is 77.3 Å². The molecule has 2 aromatic heterocycles. The summed E-state index contributed by atoms with van der Waals surface area (Å²) < 4.78 is 2.14. The molecule has 0 spiro atoms. The van der Waals surface area contributed by atoms with E-state index in [9.17, 15) is 4.79 Å². The maximum Gasteiger partial charge on any atom is 0.230 e. The van der Waals surface area contributed by atoms with Crippen LogP contribution in [-0.4, -0.2) is 26.4 Å². The molecule has 1 atom stereocenters. The van der Waals surface area contributed by atoms with Gasteiger partial charge < -0.3 is 9.88 Å². The van der Waals surface area contributed by atoms with Crippen molar-refractivity contribution in [3.8, 4) is 0 Å². The molecule has 0 aliphatic carbocycles. The lowest BCUT2D eigenvalue weighted by Crippen LogP contribution is -2.28. The highest BCUT2D eigenvalue weighted by Gasteiger charge is 2.17. The van der Waals surface area contributed by atoms with Crippen molar-refractivity contribution in [3.63, 3.8) is 0 Å². The molecule has 0 radical (unpaired) electrons. The van der Waals surface area contributed by atoms with E-state index in [-0.39, 0.29) is 17.7 Å². The molecule has 8 heteroatoms. The van der Waals surface area contributed by atoms with Gasteiger partial charge in [-0.1, -0.05) is 78.0 Å². The molecule has 2 heterocycles. The average Bonchev–Trinajstić information content (AvgIpc) is 3.47. The van der Waals surface area contributed by atoms with Gasteiger partial charge in [-0.3, -0.25) is 4.79 Å². The van der Waals surface area contributed by atoms with Crippen molar-refractivity contribution >= 4 is 40.6 Å². The number of aryl methyl sites for hydroxylation is 1. The fraction of sp³-hybridized carbons (Fsp3) is 0.240. The van der Waals surface area contributed by atoms with E-state index in [0.717, 1.165) is 35.9 Å². The summed E-state index contributed by atoms with van der Waals surface area (Å²) in [7, 11) is 0. The number of carbonyl (C=O) groups excluding carboxylic acids is 1. The number of aromatic nitrogens is 3. The number of thiophene rings is 1. The van der Waals surface area contributed by atoms with Crippen LogP contribution >= 0.6 is 34.7 Å². The molecule has 0 aliphatic rings. The smallest absolute Gasteiger partial charge is 0.230 e. The van der Waals surface area contributed by atoms with Crippen LogP contribution < -0.4 is 5.32 Å². The van der Waals surface area contributed by atoms with Crippen molar-refractivity contribution in [3.05, 3.63) is 99.0 Å². The lowest BCUT2D eigenvalue weighted by Gasteiger charge is -2.15. The van der Waals surface area contributed by atoms with Crippen LogP contribution in [0.25, 0.3) is 0 Å². The van der Waals surface area contributed by atoms with Gasteiger partial charge in [0.2, 0.25) is 5.91 Å². The molecule has 0 fully saturated rings. The fourth-order valence-corrected chi connectivity index (χ4v) is 5.35. The molecule has 1 amide bonds. The van der Waals surface area contributed by atoms with Crippen LogP contribution in [0.2, 0.25) is 5.02 Å². The molecule has 2 aromatic carbocycles. The highest BCUT2D eigenvalue weighted by molar-refractivity contribution is 7.99. The van der Waals surface area contributed by atoms with E-state index in [0.29, 0.717) is 5.02 Å². The monoisotopic (exact) mass is 496 g/mol. The standard InChI is InChI=1S/C25H25ClN4OS2/c1-18(21-11-5-6-12-22(21)26)27-24(31)17-33-25-29-28-23(16-20-10-7-15-32-20)30(25)14-13-19-8-3-2-4-9-19/h2-12,15,18H,13-14,16-17H2,1H3,(H,27,31). The summed E-state index contributed by atoms with van der Waals surface area (Å²) in [5.41, 5.74) is 2.16. The molecule has 33 heavy (non-hydrogen) atoms. The Balaban J connectivity index is 1.43. The molecule has 1 unspecified atom stereocenters. The van der Waals surface area contributed by atoms with Crippen molar-refractivity contribution in [1.82, 2.24) is 20.1 Å². The maximum absolute atomic E-state index is 12.6. The van der Waals surface area contributed by atoms with Crippen molar-refractivity contribution < 1.29 is 4.79 Å². The van der Waals surface area contributed by atoms with Gasteiger partial charge in [0.1, 0.15) is 5.82 Å². The van der Waals surface area contributed by atoms with Crippen LogP contribution in [-0.2, 0) is 24.2 Å². The Labute approximate surface area is 207 Å². The lowest BCUT2D eigenvalue weighted by atomic mass is 10.1. The SMILES string of the molecule is CC(NC(=O)CSc1nnc(Cc2cccs2)n1CCc1ccccc1)c1ccccc1Cl. The summed E-state index contributed by atoms with van der Waals surface area (Å²) in [6.45, 7) is 2.70. The van der Waals surface area contributed by atoms with Gasteiger partial charge in [0.15, 0.2) is 5.16 Å². The molecule has 4 aromatic rings. The summed E-state index contributed by atoms with van der Waals surface area (Å²) in [6.07, 6.45) is 1.61. The number of nitrogens with zero attached hydrogens (tertiary/aromatic N) is 3. The number of benzene rings is 2. The summed E-state index contributed by atoms with van der Waals surface area (Å²) in [6, 6.07) is 21.9. The van der Waals surface area contributed by atoms with E-state index in [1.165, 1.54) is 22.2 Å². The predicted molar refractivity (Wildman–Crippen MR) is 136 cm³/mol. The lowest BCUT2D eigenvalue weighted by molar-refractivity contribution is -0.119. The Morgan fingerprint density at radius 3 is 2.64 bits per heavy atom. The van der Waals surface area contributed by atoms with Crippen LogP contribution in [0.1, 0.15) is 34.8 Å². The molecule has 0 saturated carbocycles. The highest BCUT2D eigenvalue weighted by Crippen LogP contribution is 2.24. The molecule has 0 aliphatic heterocycles. The molecular weight excluding hydrogens is 472 g/mol. The first-order valence-corrected chi connectivity index (χ1v) is 13.0. The van der Waals surface area contributed by atoms with Crippen molar-refractivity contribution in [1.29, 1.82) is 0 Å². The molecule has 1 N–H and O–H groups in total. The third-order valence-corrected chi connectivity index (χ3v) is 7.44. The number of carbonyl (C=O) groups is 1. The van der Waals surface area contributed by atoms with E-state index < -0.39 is 0 Å². The van der Waals surface area contributed by atoms with E-state index in [2.05, 4.69) is 43.7 Å². The quantitative estimate of drug-likeness (QED) is 0.282. The van der Waals surface area contributed by atoms with E-state index >= 15 is 0 Å². The van der Waals surface area contributed by atoms with Crippen molar-refractivity contribution in [2.75, 3.05) is 5.75 Å². The van der Waals surface area contributed by atoms with Gasteiger partial charge in [-0.15, -0.1) is 21.5 Å². The van der Waals surface area contributed by atoms with Crippen LogP contribution in [0, 0.1) is 0 Å². The third-order valence-electron chi connectivity index (χ3n) is 5.25. The number of halogens is 1. The Kier molecular flexibility index (Phi) is 8.20. The number of hydrogen-bond acceptors (Lipinski definition) is 5. The Morgan fingerprint density at radius 1 is 1.09 bits per heavy atom. The third kappa shape index (κ3) is 6.47. The Bertz CT molecular complexity index is 1180. The van der Waals surface area contributed by atoms with E-state index in [1.807, 2.05) is 55.5 Å². The minimum atomic E-state index is -0.169. The van der Waals surface area contributed by atoms with Crippen LogP contribution in [0.4, 0.5) is 0 Å². The van der Waals surface area contributed by atoms with Gasteiger partial charge in [0, 0.05) is 22.9 Å². The van der Waals surface area contributed by atoms with Gasteiger partial charge in [0.05, 0.1) is 11.8 Å². The van der Waals surface area contributed by atoms with Gasteiger partial charge in [0.25, 0.3) is 0 Å². The summed E-state index contributed by atoms with van der Waals surface area (Å²) in [5.74, 6) is 1.11. The first kappa shape index (κ1) is 23.5. The minimum absolute atomic E-state index is 0.0650. The van der Waals surface area contributed by atoms with Gasteiger partial charge in [-0.25, -0.2) is 0 Å². The molecule has 0 saturated heterocycles. The molecular formula is C25H25ClN4OS2. The molecule has 5 nitrogen and oxygen atoms in total. The first-order valence-electron chi connectivity index (χ1n) is 10.7. The van der Waals surface area contributed by atoms with Gasteiger partial charge in [-0.2, -0.15) is 0 Å². The van der Waals surface area contributed by atoms with Crippen molar-refractivity contribution in [2.24, 2.45) is 0 Å². The summed E-state index contributed by atoms with van der Waals surface area (Å²) >= 11 is 9.39. The number of nitrogens with one attached hydrogen (secondary N) is 1. The zero-order chi connectivity index (χ0) is 23.0. The number of amides is 1. The Morgan fingerprint density at radius 2 is 1.88 bits per heavy atom. The predicted octanol–water partition coefficient (Wildman–Crippen LogP) is 5.80. The van der Waals surface area contributed by atoms with Gasteiger partial charge in [-0.05, 0) is 42.0 Å². The fourth-order valence-electron chi connectivity index (χ4n) is 3.55. The highest BCUT2D eigenvalue weighted by atomic mass is 35.5. The zero-order valence-electron chi connectivity index (χ0n) is 18.3. The van der Waals surface area contributed by atoms with Crippen molar-refractivity contribution in [2.45, 2.75) is 37.5 Å². The van der Waals surface area contributed by atoms with E-state index in [4.69, 9.17) is 11.6 Å². The maximum atomic E-state index is 12.6. The van der Waals surface area contributed by atoms with Crippen LogP contribution in [0.3, 0.4) is 0 Å². The van der Waals surface area contributed by atoms with E-state index in [1.54, 1.807) is 11.3 Å². The average molecular weight is 497 g/mol. The molecule has 4 rings (SSSR count). The minimum Gasteiger partial charge on any atom is -0.349 e. The second-order valence-electron chi connectivity index (χ2n) is 7.64. The largest absolute Gasteiger partial charge is 0.349 e. The second kappa shape index (κ2) is 11.5. The van der Waals surface area contributed by atoms with Crippen LogP contribution in [0.5, 0.6) is 0 Å². The summed E-state index contributed by atoms with van der Waals surface area (Å²) in [4.78, 5) is 13.9. The topological polar surface area (TPSA) is 59.8 Å². The number of rotatable bonds is 10. The molecule has 170 valence electrons. The summed E-state index contributed by atoms with van der Waals surface area (Å²) in [5, 5.41) is 15.4. The number of hydrogen-bond donors (Lipinski definition) is 1. The Hall–Kier alpha value is -2.61. The second-order valence-corrected chi connectivity index (χ2v) is 10.0. The van der Waals surface area contributed by atoms with Gasteiger partial charge >= 0.3 is 0 Å².